The van der Waals surface area contributed by atoms with Crippen LogP contribution in [0.15, 0.2) is 35.2 Å². The first kappa shape index (κ1) is 10.0. The van der Waals surface area contributed by atoms with Crippen molar-refractivity contribution >= 4 is 21.7 Å². The molecule has 0 bridgehead atoms. The average molecular weight is 265 g/mol. The van der Waals surface area contributed by atoms with Crippen LogP contribution in [0.2, 0.25) is 0 Å². The lowest BCUT2D eigenvalue weighted by Gasteiger charge is -2.02. The molecule has 0 amide bonds. The first-order valence-electron chi connectivity index (χ1n) is 4.41. The van der Waals surface area contributed by atoms with E-state index in [-0.39, 0.29) is 0 Å². The standard InChI is InChI=1S/C10H9BrN4/c11-8-6-14-9(15-10(8)12)5-7-1-3-13-4-2-7/h1-4,6H,5H2,(H2,12,14,15). The highest BCUT2D eigenvalue weighted by Crippen LogP contribution is 2.15. The predicted octanol–water partition coefficient (Wildman–Crippen LogP) is 1.81. The second-order valence-electron chi connectivity index (χ2n) is 3.05. The van der Waals surface area contributed by atoms with Crippen molar-refractivity contribution in [1.29, 1.82) is 0 Å². The molecule has 0 atom stereocenters. The Kier molecular flexibility index (Phi) is 2.91. The van der Waals surface area contributed by atoms with E-state index in [1.54, 1.807) is 18.6 Å². The van der Waals surface area contributed by atoms with E-state index >= 15 is 0 Å². The molecule has 0 radical (unpaired) electrons. The molecule has 0 aliphatic rings. The second kappa shape index (κ2) is 4.35. The number of hydrogen-bond acceptors (Lipinski definition) is 4. The zero-order valence-electron chi connectivity index (χ0n) is 7.89. The van der Waals surface area contributed by atoms with Crippen LogP contribution in [0, 0.1) is 0 Å². The molecule has 0 aromatic carbocycles. The smallest absolute Gasteiger partial charge is 0.141 e. The highest BCUT2D eigenvalue weighted by atomic mass is 79.9. The summed E-state index contributed by atoms with van der Waals surface area (Å²) in [5.74, 6) is 1.18. The molecule has 0 spiro atoms. The summed E-state index contributed by atoms with van der Waals surface area (Å²) >= 11 is 3.25. The van der Waals surface area contributed by atoms with Gasteiger partial charge in [-0.25, -0.2) is 9.97 Å². The van der Waals surface area contributed by atoms with E-state index in [9.17, 15) is 0 Å². The number of rotatable bonds is 2. The molecule has 2 heterocycles. The molecule has 15 heavy (non-hydrogen) atoms. The van der Waals surface area contributed by atoms with Gasteiger partial charge in [-0.15, -0.1) is 0 Å². The molecule has 0 saturated carbocycles. The van der Waals surface area contributed by atoms with E-state index in [1.807, 2.05) is 12.1 Å². The van der Waals surface area contributed by atoms with Crippen LogP contribution in [-0.4, -0.2) is 15.0 Å². The molecular formula is C10H9BrN4. The van der Waals surface area contributed by atoms with Gasteiger partial charge in [0.15, 0.2) is 0 Å². The fourth-order valence-corrected chi connectivity index (χ4v) is 1.38. The van der Waals surface area contributed by atoms with Crippen LogP contribution in [-0.2, 0) is 6.42 Å². The van der Waals surface area contributed by atoms with Gasteiger partial charge in [0.25, 0.3) is 0 Å². The Balaban J connectivity index is 2.22. The third kappa shape index (κ3) is 2.50. The molecule has 5 heteroatoms. The molecular weight excluding hydrogens is 256 g/mol. The summed E-state index contributed by atoms with van der Waals surface area (Å²) < 4.78 is 0.723. The Morgan fingerprint density at radius 1 is 1.27 bits per heavy atom. The number of pyridine rings is 1. The number of anilines is 1. The van der Waals surface area contributed by atoms with Crippen LogP contribution < -0.4 is 5.73 Å². The number of nitrogens with two attached hydrogens (primary N) is 1. The Bertz CT molecular complexity index is 458. The minimum atomic E-state index is 0.467. The summed E-state index contributed by atoms with van der Waals surface area (Å²) in [5, 5.41) is 0. The van der Waals surface area contributed by atoms with Gasteiger partial charge in [-0.3, -0.25) is 4.98 Å². The van der Waals surface area contributed by atoms with Gasteiger partial charge in [0.05, 0.1) is 4.47 Å². The van der Waals surface area contributed by atoms with Crippen molar-refractivity contribution in [3.63, 3.8) is 0 Å². The van der Waals surface area contributed by atoms with Crippen molar-refractivity contribution in [2.24, 2.45) is 0 Å². The first-order valence-corrected chi connectivity index (χ1v) is 5.21. The van der Waals surface area contributed by atoms with Crippen LogP contribution in [0.4, 0.5) is 5.82 Å². The summed E-state index contributed by atoms with van der Waals surface area (Å²) in [4.78, 5) is 12.3. The van der Waals surface area contributed by atoms with E-state index in [1.165, 1.54) is 0 Å². The molecule has 0 fully saturated rings. The average Bonchev–Trinajstić information content (AvgIpc) is 2.25. The van der Waals surface area contributed by atoms with E-state index in [0.29, 0.717) is 18.1 Å². The molecule has 4 nitrogen and oxygen atoms in total. The Morgan fingerprint density at radius 3 is 2.67 bits per heavy atom. The maximum Gasteiger partial charge on any atom is 0.141 e. The molecule has 76 valence electrons. The fraction of sp³-hybridized carbons (Fsp3) is 0.100. The number of halogens is 1. The molecule has 0 unspecified atom stereocenters. The van der Waals surface area contributed by atoms with Gasteiger partial charge in [0, 0.05) is 25.0 Å². The monoisotopic (exact) mass is 264 g/mol. The van der Waals surface area contributed by atoms with Gasteiger partial charge >= 0.3 is 0 Å². The zero-order chi connectivity index (χ0) is 10.7. The number of nitrogen functional groups attached to an aromatic ring is 1. The van der Waals surface area contributed by atoms with Crippen LogP contribution in [0.5, 0.6) is 0 Å². The third-order valence-corrected chi connectivity index (χ3v) is 2.54. The molecule has 2 aromatic heterocycles. The van der Waals surface area contributed by atoms with Gasteiger partial charge in [-0.2, -0.15) is 0 Å². The van der Waals surface area contributed by atoms with Gasteiger partial charge in [0.2, 0.25) is 0 Å². The molecule has 2 rings (SSSR count). The lowest BCUT2D eigenvalue weighted by molar-refractivity contribution is 0.965. The molecule has 2 aromatic rings. The van der Waals surface area contributed by atoms with Crippen LogP contribution in [0.25, 0.3) is 0 Å². The van der Waals surface area contributed by atoms with Crippen molar-refractivity contribution in [2.45, 2.75) is 6.42 Å². The van der Waals surface area contributed by atoms with Crippen LogP contribution >= 0.6 is 15.9 Å². The van der Waals surface area contributed by atoms with Gasteiger partial charge in [0.1, 0.15) is 11.6 Å². The lowest BCUT2D eigenvalue weighted by atomic mass is 10.2. The minimum Gasteiger partial charge on any atom is -0.383 e. The quantitative estimate of drug-likeness (QED) is 0.899. The van der Waals surface area contributed by atoms with E-state index < -0.39 is 0 Å². The predicted molar refractivity (Wildman–Crippen MR) is 61.2 cm³/mol. The summed E-state index contributed by atoms with van der Waals surface area (Å²) in [6.45, 7) is 0. The Hall–Kier alpha value is -1.49. The minimum absolute atomic E-state index is 0.467. The topological polar surface area (TPSA) is 64.7 Å². The normalized spacial score (nSPS) is 10.2. The summed E-state index contributed by atoms with van der Waals surface area (Å²) in [7, 11) is 0. The SMILES string of the molecule is Nc1nc(Cc2ccncc2)ncc1Br. The van der Waals surface area contributed by atoms with Gasteiger partial charge < -0.3 is 5.73 Å². The molecule has 0 aliphatic carbocycles. The summed E-state index contributed by atoms with van der Waals surface area (Å²) in [6, 6.07) is 3.86. The highest BCUT2D eigenvalue weighted by molar-refractivity contribution is 9.10. The van der Waals surface area contributed by atoms with Crippen molar-refractivity contribution in [3.8, 4) is 0 Å². The number of nitrogens with zero attached hydrogens (tertiary/aromatic N) is 3. The maximum absolute atomic E-state index is 5.66. The van der Waals surface area contributed by atoms with Crippen molar-refractivity contribution < 1.29 is 0 Å². The molecule has 0 saturated heterocycles. The number of aromatic nitrogens is 3. The number of hydrogen-bond donors (Lipinski definition) is 1. The molecule has 2 N–H and O–H groups in total. The van der Waals surface area contributed by atoms with E-state index in [0.717, 1.165) is 10.0 Å². The van der Waals surface area contributed by atoms with Crippen molar-refractivity contribution in [2.75, 3.05) is 5.73 Å². The fourth-order valence-electron chi connectivity index (χ4n) is 1.19. The maximum atomic E-state index is 5.66. The summed E-state index contributed by atoms with van der Waals surface area (Å²) in [6.07, 6.45) is 5.83. The van der Waals surface area contributed by atoms with Crippen molar-refractivity contribution in [1.82, 2.24) is 15.0 Å². The largest absolute Gasteiger partial charge is 0.383 e. The van der Waals surface area contributed by atoms with E-state index in [2.05, 4.69) is 30.9 Å². The van der Waals surface area contributed by atoms with Crippen molar-refractivity contribution in [3.05, 3.63) is 46.6 Å². The second-order valence-corrected chi connectivity index (χ2v) is 3.91. The zero-order valence-corrected chi connectivity index (χ0v) is 9.48. The molecule has 0 aliphatic heterocycles. The van der Waals surface area contributed by atoms with Crippen LogP contribution in [0.1, 0.15) is 11.4 Å². The Morgan fingerprint density at radius 2 is 2.00 bits per heavy atom. The Labute approximate surface area is 95.7 Å². The lowest BCUT2D eigenvalue weighted by Crippen LogP contribution is -2.00. The first-order chi connectivity index (χ1) is 7.25. The highest BCUT2D eigenvalue weighted by Gasteiger charge is 2.02. The van der Waals surface area contributed by atoms with Gasteiger partial charge in [-0.1, -0.05) is 0 Å². The summed E-state index contributed by atoms with van der Waals surface area (Å²) in [5.41, 5.74) is 6.78. The van der Waals surface area contributed by atoms with Gasteiger partial charge in [-0.05, 0) is 33.6 Å². The third-order valence-electron chi connectivity index (χ3n) is 1.93. The van der Waals surface area contributed by atoms with E-state index in [4.69, 9.17) is 5.73 Å². The van der Waals surface area contributed by atoms with Crippen LogP contribution in [0.3, 0.4) is 0 Å².